The monoisotopic (exact) mass is 323 g/mol. The number of ether oxygens (including phenoxy) is 3. The Hall–Kier alpha value is -2.12. The zero-order valence-electron chi connectivity index (χ0n) is 12.6. The van der Waals surface area contributed by atoms with Crippen LogP contribution in [-0.2, 0) is 17.8 Å². The molecule has 1 aromatic carbocycles. The number of carboxylic acid groups (broad SMARTS) is 1. The van der Waals surface area contributed by atoms with Gasteiger partial charge in [0, 0.05) is 13.5 Å². The highest BCUT2D eigenvalue weighted by atomic mass is 32.1. The smallest absolute Gasteiger partial charge is 0.347 e. The number of carbonyl (C=O) groups is 1. The van der Waals surface area contributed by atoms with Gasteiger partial charge in [0.05, 0.1) is 31.5 Å². The summed E-state index contributed by atoms with van der Waals surface area (Å²) in [7, 11) is 4.66. The molecular weight excluding hydrogens is 306 g/mol. The van der Waals surface area contributed by atoms with Crippen LogP contribution in [0.5, 0.6) is 11.5 Å². The average Bonchev–Trinajstić information content (AvgIpc) is 2.90. The standard InChI is InChI=1S/C15H17NO5S/c1-19-8-10-14(15(17)18)22-13(16-10)7-9-4-5-11(20-2)12(6-9)21-3/h4-6H,7-8H2,1-3H3,(H,17,18). The Balaban J connectivity index is 2.27. The van der Waals surface area contributed by atoms with Crippen molar-refractivity contribution >= 4 is 17.3 Å². The summed E-state index contributed by atoms with van der Waals surface area (Å²) in [5, 5.41) is 9.92. The van der Waals surface area contributed by atoms with Crippen LogP contribution in [0.3, 0.4) is 0 Å². The molecule has 6 nitrogen and oxygen atoms in total. The van der Waals surface area contributed by atoms with Crippen molar-refractivity contribution in [2.75, 3.05) is 21.3 Å². The Labute approximate surface area is 132 Å². The first-order valence-corrected chi connectivity index (χ1v) is 7.32. The number of carboxylic acids is 1. The van der Waals surface area contributed by atoms with E-state index in [0.29, 0.717) is 23.6 Å². The summed E-state index contributed by atoms with van der Waals surface area (Å²) < 4.78 is 15.5. The van der Waals surface area contributed by atoms with Crippen molar-refractivity contribution in [3.63, 3.8) is 0 Å². The molecule has 0 aliphatic rings. The second kappa shape index (κ2) is 7.24. The highest BCUT2D eigenvalue weighted by Gasteiger charge is 2.17. The molecule has 1 heterocycles. The molecule has 118 valence electrons. The molecule has 0 fully saturated rings. The van der Waals surface area contributed by atoms with Crippen LogP contribution in [0, 0.1) is 0 Å². The molecule has 7 heteroatoms. The SMILES string of the molecule is COCc1nc(Cc2ccc(OC)c(OC)c2)sc1C(=O)O. The van der Waals surface area contributed by atoms with Gasteiger partial charge in [-0.15, -0.1) is 11.3 Å². The number of thiazole rings is 1. The van der Waals surface area contributed by atoms with Crippen LogP contribution in [0.25, 0.3) is 0 Å². The fraction of sp³-hybridized carbons (Fsp3) is 0.333. The minimum absolute atomic E-state index is 0.185. The molecule has 22 heavy (non-hydrogen) atoms. The second-order valence-electron chi connectivity index (χ2n) is 4.49. The Kier molecular flexibility index (Phi) is 5.35. The third-order valence-corrected chi connectivity index (χ3v) is 4.11. The predicted octanol–water partition coefficient (Wildman–Crippen LogP) is 2.60. The van der Waals surface area contributed by atoms with Gasteiger partial charge in [0.2, 0.25) is 0 Å². The minimum atomic E-state index is -0.983. The molecule has 1 N–H and O–H groups in total. The Bertz CT molecular complexity index is 668. The van der Waals surface area contributed by atoms with Crippen molar-refractivity contribution in [3.05, 3.63) is 39.3 Å². The van der Waals surface area contributed by atoms with Gasteiger partial charge in [-0.2, -0.15) is 0 Å². The summed E-state index contributed by atoms with van der Waals surface area (Å²) in [6.45, 7) is 0.185. The summed E-state index contributed by atoms with van der Waals surface area (Å²) in [5.74, 6) is 0.298. The van der Waals surface area contributed by atoms with Gasteiger partial charge < -0.3 is 19.3 Å². The topological polar surface area (TPSA) is 77.9 Å². The van der Waals surface area contributed by atoms with Crippen LogP contribution in [0.15, 0.2) is 18.2 Å². The lowest BCUT2D eigenvalue weighted by Crippen LogP contribution is -1.99. The van der Waals surface area contributed by atoms with Crippen molar-refractivity contribution in [3.8, 4) is 11.5 Å². The molecule has 0 atom stereocenters. The zero-order chi connectivity index (χ0) is 16.1. The number of methoxy groups -OCH3 is 3. The maximum absolute atomic E-state index is 11.2. The lowest BCUT2D eigenvalue weighted by Gasteiger charge is -2.08. The van der Waals surface area contributed by atoms with E-state index < -0.39 is 5.97 Å². The van der Waals surface area contributed by atoms with E-state index in [1.54, 1.807) is 14.2 Å². The van der Waals surface area contributed by atoms with Crippen molar-refractivity contribution in [2.45, 2.75) is 13.0 Å². The molecule has 0 aliphatic carbocycles. The molecule has 0 bridgehead atoms. The van der Waals surface area contributed by atoms with Crippen molar-refractivity contribution in [1.82, 2.24) is 4.98 Å². The summed E-state index contributed by atoms with van der Waals surface area (Å²) in [6, 6.07) is 5.58. The molecule has 0 amide bonds. The predicted molar refractivity (Wildman–Crippen MR) is 82.1 cm³/mol. The Morgan fingerprint density at radius 1 is 1.23 bits per heavy atom. The molecule has 2 rings (SSSR count). The molecular formula is C15H17NO5S. The number of aromatic nitrogens is 1. The number of aromatic carboxylic acids is 1. The van der Waals surface area contributed by atoms with Crippen LogP contribution >= 0.6 is 11.3 Å². The Morgan fingerprint density at radius 3 is 2.55 bits per heavy atom. The molecule has 2 aromatic rings. The van der Waals surface area contributed by atoms with Gasteiger partial charge >= 0.3 is 5.97 Å². The number of rotatable bonds is 7. The summed E-state index contributed by atoms with van der Waals surface area (Å²) >= 11 is 1.16. The van der Waals surface area contributed by atoms with Gasteiger partial charge in [-0.1, -0.05) is 6.07 Å². The lowest BCUT2D eigenvalue weighted by molar-refractivity contribution is 0.0697. The minimum Gasteiger partial charge on any atom is -0.493 e. The summed E-state index contributed by atoms with van der Waals surface area (Å²) in [5.41, 5.74) is 1.42. The lowest BCUT2D eigenvalue weighted by atomic mass is 10.1. The van der Waals surface area contributed by atoms with Gasteiger partial charge in [0.1, 0.15) is 4.88 Å². The molecule has 0 saturated heterocycles. The summed E-state index contributed by atoms with van der Waals surface area (Å²) in [6.07, 6.45) is 0.523. The number of benzene rings is 1. The van der Waals surface area contributed by atoms with Gasteiger partial charge in [0.25, 0.3) is 0 Å². The third-order valence-electron chi connectivity index (χ3n) is 3.02. The fourth-order valence-corrected chi connectivity index (χ4v) is 2.98. The van der Waals surface area contributed by atoms with E-state index in [2.05, 4.69) is 4.98 Å². The first-order chi connectivity index (χ1) is 10.6. The van der Waals surface area contributed by atoms with Crippen LogP contribution in [0.2, 0.25) is 0 Å². The van der Waals surface area contributed by atoms with Crippen LogP contribution in [0.4, 0.5) is 0 Å². The van der Waals surface area contributed by atoms with E-state index >= 15 is 0 Å². The average molecular weight is 323 g/mol. The van der Waals surface area contributed by atoms with Crippen molar-refractivity contribution < 1.29 is 24.1 Å². The van der Waals surface area contributed by atoms with E-state index in [1.807, 2.05) is 18.2 Å². The van der Waals surface area contributed by atoms with Crippen LogP contribution < -0.4 is 9.47 Å². The first-order valence-electron chi connectivity index (χ1n) is 6.50. The normalized spacial score (nSPS) is 10.5. The molecule has 0 unspecified atom stereocenters. The highest BCUT2D eigenvalue weighted by Crippen LogP contribution is 2.29. The molecule has 1 aromatic heterocycles. The van der Waals surface area contributed by atoms with Crippen molar-refractivity contribution in [1.29, 1.82) is 0 Å². The Morgan fingerprint density at radius 2 is 1.95 bits per heavy atom. The molecule has 0 spiro atoms. The maximum Gasteiger partial charge on any atom is 0.347 e. The van der Waals surface area contributed by atoms with Crippen LogP contribution in [0.1, 0.15) is 25.9 Å². The quantitative estimate of drug-likeness (QED) is 0.844. The fourth-order valence-electron chi connectivity index (χ4n) is 2.04. The molecule has 0 aliphatic heterocycles. The van der Waals surface area contributed by atoms with E-state index in [-0.39, 0.29) is 11.5 Å². The summed E-state index contributed by atoms with van der Waals surface area (Å²) in [4.78, 5) is 15.8. The molecule has 0 saturated carbocycles. The number of nitrogens with zero attached hydrogens (tertiary/aromatic N) is 1. The van der Waals surface area contributed by atoms with Crippen molar-refractivity contribution in [2.24, 2.45) is 0 Å². The molecule has 0 radical (unpaired) electrons. The highest BCUT2D eigenvalue weighted by molar-refractivity contribution is 7.13. The van der Waals surface area contributed by atoms with Gasteiger partial charge in [-0.25, -0.2) is 9.78 Å². The number of hydrogen-bond donors (Lipinski definition) is 1. The largest absolute Gasteiger partial charge is 0.493 e. The zero-order valence-corrected chi connectivity index (χ0v) is 13.4. The van der Waals surface area contributed by atoms with Gasteiger partial charge in [-0.3, -0.25) is 0 Å². The van der Waals surface area contributed by atoms with Gasteiger partial charge in [0.15, 0.2) is 11.5 Å². The first kappa shape index (κ1) is 16.3. The van der Waals surface area contributed by atoms with E-state index in [1.165, 1.54) is 7.11 Å². The maximum atomic E-state index is 11.2. The van der Waals surface area contributed by atoms with E-state index in [4.69, 9.17) is 14.2 Å². The van der Waals surface area contributed by atoms with E-state index in [9.17, 15) is 9.90 Å². The number of hydrogen-bond acceptors (Lipinski definition) is 6. The van der Waals surface area contributed by atoms with E-state index in [0.717, 1.165) is 21.9 Å². The van der Waals surface area contributed by atoms with Crippen LogP contribution in [-0.4, -0.2) is 37.4 Å². The third kappa shape index (κ3) is 3.55. The second-order valence-corrected chi connectivity index (χ2v) is 5.57. The van der Waals surface area contributed by atoms with Gasteiger partial charge in [-0.05, 0) is 17.7 Å².